The van der Waals surface area contributed by atoms with Crippen LogP contribution in [0.3, 0.4) is 0 Å². The van der Waals surface area contributed by atoms with Crippen LogP contribution >= 0.6 is 0 Å². The van der Waals surface area contributed by atoms with Crippen molar-refractivity contribution in [2.45, 2.75) is 137 Å². The van der Waals surface area contributed by atoms with Crippen molar-refractivity contribution in [1.82, 2.24) is 10.6 Å². The summed E-state index contributed by atoms with van der Waals surface area (Å²) in [6.07, 6.45) is -45.4. The first-order valence-electron chi connectivity index (χ1n) is 19.1. The van der Waals surface area contributed by atoms with Crippen LogP contribution < -0.4 is 10.6 Å². The SMILES string of the molecule is CO[C@@H]1O[C@H](COS(=O)(=O)O)[C@H](O)[C@H](O[C@@H]2O[C@H](C(=O)O)[C@@H](O[C@@H]3O[C@H](COS(=O)(=O)O)[C@H](O)[C@H](O[C@@H]4O[C@H](C(=O)O)[C@@H](O)[C@H](O)[C@H]4OS(=O)(=O)O)[C@H]3NC(C)=O)[C@H](O)[C@H]2OS(=O)(=O)O)[C@H]1NC(C)=O. The molecule has 2 amide bonds. The lowest BCUT2D eigenvalue weighted by molar-refractivity contribution is -0.366. The second-order valence-corrected chi connectivity index (χ2v) is 19.2. The van der Waals surface area contributed by atoms with Crippen molar-refractivity contribution >= 4 is 65.3 Å². The van der Waals surface area contributed by atoms with E-state index in [2.05, 4.69) is 22.0 Å². The van der Waals surface area contributed by atoms with Crippen molar-refractivity contribution < 1.29 is 161 Å². The van der Waals surface area contributed by atoms with E-state index in [0.717, 1.165) is 21.0 Å². The molecule has 0 radical (unpaired) electrons. The van der Waals surface area contributed by atoms with Crippen molar-refractivity contribution in [3.05, 3.63) is 0 Å². The van der Waals surface area contributed by atoms with E-state index in [9.17, 15) is 102 Å². The standard InChI is InChI=1S/C29H46N2O35S4/c1-6(32)30-10-17(12(34)8(58-26(10)55-3)4-56-67(43,44)45)60-29-22(66-70(52,53)54)16(38)19(23(64-29)25(41)42)62-27-11(31-7(2)33)18(13(35)9(59-27)5-57-68(46,47)48)61-28-21(65-69(49,50)51)15(37)14(36)20(63-28)24(39)40/h8-23,26-29,34-38H,4-5H2,1-3H3,(H,30,32)(H,31,33)(H,39,40)(H,41,42)(H,43,44,45)(H,46,47,48)(H,49,50,51)(H,52,53,54)/t8-,9-,10-,11-,12+,13+,14+,15+,16+,17-,18-,19+,20+,21-,22-,23+,26-,27+,28-,29-/m1/s1. The van der Waals surface area contributed by atoms with E-state index in [1.165, 1.54) is 0 Å². The molecular formula is C29H46N2O35S4. The highest BCUT2D eigenvalue weighted by atomic mass is 32.3. The largest absolute Gasteiger partial charge is 0.479 e. The number of hydrogen-bond donors (Lipinski definition) is 13. The Hall–Kier alpha value is -3.16. The molecule has 0 aromatic carbocycles. The third kappa shape index (κ3) is 15.9. The maximum atomic E-state index is 12.9. The summed E-state index contributed by atoms with van der Waals surface area (Å²) in [4.78, 5) is 49.7. The minimum atomic E-state index is -5.87. The molecular weight excluding hydrogens is 1060 g/mol. The van der Waals surface area contributed by atoms with Gasteiger partial charge >= 0.3 is 53.5 Å². The number of carboxylic acids is 2. The van der Waals surface area contributed by atoms with Gasteiger partial charge in [-0.05, 0) is 0 Å². The number of carbonyl (C=O) groups is 4. The van der Waals surface area contributed by atoms with Gasteiger partial charge in [0.1, 0.15) is 73.1 Å². The minimum Gasteiger partial charge on any atom is -0.479 e. The molecule has 0 spiro atoms. The van der Waals surface area contributed by atoms with Gasteiger partial charge < -0.3 is 84.3 Å². The zero-order chi connectivity index (χ0) is 53.2. The van der Waals surface area contributed by atoms with Gasteiger partial charge in [0, 0.05) is 21.0 Å². The number of rotatable bonds is 21. The highest BCUT2D eigenvalue weighted by Crippen LogP contribution is 2.37. The maximum absolute atomic E-state index is 12.9. The van der Waals surface area contributed by atoms with E-state index < -0.39 is 201 Å². The van der Waals surface area contributed by atoms with Crippen LogP contribution in [-0.4, -0.2) is 254 Å². The molecule has 70 heavy (non-hydrogen) atoms. The zero-order valence-electron chi connectivity index (χ0n) is 35.3. The summed E-state index contributed by atoms with van der Waals surface area (Å²) < 4.78 is 192. The topological polar surface area (TPSA) is 562 Å². The van der Waals surface area contributed by atoms with Crippen LogP contribution in [0.5, 0.6) is 0 Å². The lowest BCUT2D eigenvalue weighted by atomic mass is 9.94. The molecule has 0 unspecified atom stereocenters. The molecule has 0 saturated carbocycles. The minimum absolute atomic E-state index is 0.735. The third-order valence-electron chi connectivity index (χ3n) is 9.97. The fourth-order valence-electron chi connectivity index (χ4n) is 7.22. The summed E-state index contributed by atoms with van der Waals surface area (Å²) in [5, 5.41) is 79.6. The first-order chi connectivity index (χ1) is 32.0. The van der Waals surface area contributed by atoms with Crippen molar-refractivity contribution in [3.8, 4) is 0 Å². The van der Waals surface area contributed by atoms with Crippen molar-refractivity contribution in [3.63, 3.8) is 0 Å². The highest BCUT2D eigenvalue weighted by Gasteiger charge is 2.59. The summed E-state index contributed by atoms with van der Waals surface area (Å²) in [5.74, 6) is -6.41. The van der Waals surface area contributed by atoms with Gasteiger partial charge in [0.15, 0.2) is 49.6 Å². The molecule has 4 aliphatic rings. The molecule has 0 aromatic rings. The molecule has 4 fully saturated rings. The number of aliphatic carboxylic acids is 2. The number of carboxylic acid groups (broad SMARTS) is 2. The monoisotopic (exact) mass is 1110 g/mol. The summed E-state index contributed by atoms with van der Waals surface area (Å²) in [5.41, 5.74) is 0. The maximum Gasteiger partial charge on any atom is 0.397 e. The van der Waals surface area contributed by atoms with Crippen molar-refractivity contribution in [1.29, 1.82) is 0 Å². The number of carbonyl (C=O) groups excluding carboxylic acids is 2. The molecule has 4 aliphatic heterocycles. The summed E-state index contributed by atoms with van der Waals surface area (Å²) in [6, 6.07) is -4.11. The second kappa shape index (κ2) is 23.4. The molecule has 4 heterocycles. The van der Waals surface area contributed by atoms with Gasteiger partial charge in [-0.1, -0.05) is 0 Å². The summed E-state index contributed by atoms with van der Waals surface area (Å²) in [7, 11) is -21.4. The molecule has 406 valence electrons. The summed E-state index contributed by atoms with van der Waals surface area (Å²) >= 11 is 0. The van der Waals surface area contributed by atoms with Gasteiger partial charge in [-0.15, -0.1) is 0 Å². The first-order valence-corrected chi connectivity index (χ1v) is 24.5. The van der Waals surface area contributed by atoms with Crippen LogP contribution in [0.4, 0.5) is 0 Å². The summed E-state index contributed by atoms with van der Waals surface area (Å²) in [6.45, 7) is -1.13. The number of ether oxygens (including phenoxy) is 8. The Labute approximate surface area is 393 Å². The average Bonchev–Trinajstić information content (AvgIpc) is 3.20. The predicted molar refractivity (Wildman–Crippen MR) is 205 cm³/mol. The van der Waals surface area contributed by atoms with Gasteiger partial charge in [-0.2, -0.15) is 33.7 Å². The Balaban J connectivity index is 1.83. The smallest absolute Gasteiger partial charge is 0.397 e. The number of amides is 2. The number of aliphatic hydroxyl groups is 5. The number of aliphatic hydroxyl groups excluding tert-OH is 5. The Morgan fingerprint density at radius 3 is 1.21 bits per heavy atom. The van der Waals surface area contributed by atoms with Crippen LogP contribution in [0, 0.1) is 0 Å². The fraction of sp³-hybridized carbons (Fsp3) is 0.862. The van der Waals surface area contributed by atoms with E-state index in [1.807, 2.05) is 5.32 Å². The molecule has 20 atom stereocenters. The van der Waals surface area contributed by atoms with E-state index in [4.69, 9.17) is 42.4 Å². The Bertz CT molecular complexity index is 2320. The van der Waals surface area contributed by atoms with Crippen molar-refractivity contribution in [2.24, 2.45) is 0 Å². The Morgan fingerprint density at radius 1 is 0.471 bits per heavy atom. The first kappa shape index (κ1) is 59.4. The molecule has 37 nitrogen and oxygen atoms in total. The molecule has 4 saturated heterocycles. The molecule has 0 aromatic heterocycles. The second-order valence-electron chi connectivity index (χ2n) is 15.0. The lowest BCUT2D eigenvalue weighted by Crippen LogP contribution is -2.71. The van der Waals surface area contributed by atoms with Crippen LogP contribution in [0.15, 0.2) is 0 Å². The van der Waals surface area contributed by atoms with E-state index in [1.54, 1.807) is 0 Å². The van der Waals surface area contributed by atoms with Gasteiger partial charge in [-0.3, -0.25) is 27.8 Å². The number of hydrogen-bond acceptors (Lipinski definition) is 29. The van der Waals surface area contributed by atoms with Gasteiger partial charge in [-0.25, -0.2) is 26.3 Å². The lowest BCUT2D eigenvalue weighted by Gasteiger charge is -2.50. The van der Waals surface area contributed by atoms with E-state index in [-0.39, 0.29) is 0 Å². The van der Waals surface area contributed by atoms with Gasteiger partial charge in [0.05, 0.1) is 13.2 Å². The Kier molecular flexibility index (Phi) is 19.8. The molecule has 13 N–H and O–H groups in total. The quantitative estimate of drug-likeness (QED) is 0.0475. The fourth-order valence-corrected chi connectivity index (χ4v) is 8.80. The van der Waals surface area contributed by atoms with Crippen LogP contribution in [0.25, 0.3) is 0 Å². The normalized spacial score (nSPS) is 38.9. The molecule has 4 rings (SSSR count). The average molecular weight is 1110 g/mol. The highest BCUT2D eigenvalue weighted by molar-refractivity contribution is 7.81. The third-order valence-corrected chi connectivity index (χ3v) is 11.8. The zero-order valence-corrected chi connectivity index (χ0v) is 38.6. The molecule has 0 aliphatic carbocycles. The van der Waals surface area contributed by atoms with E-state index >= 15 is 0 Å². The van der Waals surface area contributed by atoms with Crippen molar-refractivity contribution in [2.75, 3.05) is 20.3 Å². The molecule has 41 heteroatoms. The van der Waals surface area contributed by atoms with Crippen LogP contribution in [-0.2, 0) is 115 Å². The number of nitrogens with one attached hydrogen (secondary N) is 2. The number of methoxy groups -OCH3 is 1. The van der Waals surface area contributed by atoms with Gasteiger partial charge in [0.25, 0.3) is 0 Å². The molecule has 0 bridgehead atoms. The van der Waals surface area contributed by atoms with Crippen LogP contribution in [0.1, 0.15) is 13.8 Å². The predicted octanol–water partition coefficient (Wildman–Crippen LogP) is -9.31. The van der Waals surface area contributed by atoms with Gasteiger partial charge in [0.2, 0.25) is 11.8 Å². The van der Waals surface area contributed by atoms with Crippen LogP contribution in [0.2, 0.25) is 0 Å². The van der Waals surface area contributed by atoms with E-state index in [0.29, 0.717) is 0 Å². The Morgan fingerprint density at radius 2 is 0.843 bits per heavy atom.